The third-order valence-corrected chi connectivity index (χ3v) is 5.72. The molecular formula is C19H24FN3O3S. The molecule has 0 saturated carbocycles. The van der Waals surface area contributed by atoms with Crippen LogP contribution in [-0.4, -0.2) is 52.8 Å². The first-order chi connectivity index (χ1) is 12.9. The van der Waals surface area contributed by atoms with E-state index in [4.69, 9.17) is 4.74 Å². The smallest absolute Gasteiger partial charge is 0.193 e. The van der Waals surface area contributed by atoms with E-state index in [-0.39, 0.29) is 17.2 Å². The van der Waals surface area contributed by atoms with Crippen molar-refractivity contribution in [3.63, 3.8) is 0 Å². The van der Waals surface area contributed by atoms with E-state index in [0.717, 1.165) is 17.4 Å². The number of guanidine groups is 1. The van der Waals surface area contributed by atoms with Crippen molar-refractivity contribution >= 4 is 15.8 Å². The van der Waals surface area contributed by atoms with Crippen LogP contribution >= 0.6 is 0 Å². The normalized spacial score (nSPS) is 11.9. The zero-order chi connectivity index (χ0) is 19.9. The topological polar surface area (TPSA) is 71.0 Å². The molecule has 0 radical (unpaired) electrons. The van der Waals surface area contributed by atoms with Gasteiger partial charge in [-0.3, -0.25) is 4.99 Å². The van der Waals surface area contributed by atoms with E-state index in [9.17, 15) is 12.8 Å². The second-order valence-electron chi connectivity index (χ2n) is 5.93. The van der Waals surface area contributed by atoms with Gasteiger partial charge in [0.15, 0.2) is 15.8 Å². The maximum Gasteiger partial charge on any atom is 0.193 e. The Kier molecular flexibility index (Phi) is 7.18. The van der Waals surface area contributed by atoms with Gasteiger partial charge in [-0.2, -0.15) is 0 Å². The number of ether oxygens (including phenoxy) is 1. The van der Waals surface area contributed by atoms with Gasteiger partial charge in [0.25, 0.3) is 0 Å². The van der Waals surface area contributed by atoms with Gasteiger partial charge < -0.3 is 15.0 Å². The second kappa shape index (κ2) is 9.36. The number of hydrogen-bond donors (Lipinski definition) is 1. The first-order valence-electron chi connectivity index (χ1n) is 8.39. The monoisotopic (exact) mass is 393 g/mol. The molecule has 0 atom stereocenters. The van der Waals surface area contributed by atoms with Crippen LogP contribution in [0.1, 0.15) is 5.56 Å². The third kappa shape index (κ3) is 5.68. The molecule has 0 saturated heterocycles. The summed E-state index contributed by atoms with van der Waals surface area (Å²) in [4.78, 5) is 5.75. The van der Waals surface area contributed by atoms with Gasteiger partial charge in [-0.05, 0) is 29.8 Å². The lowest BCUT2D eigenvalue weighted by Gasteiger charge is -2.22. The van der Waals surface area contributed by atoms with Crippen molar-refractivity contribution in [2.75, 3.05) is 33.5 Å². The molecule has 0 unspecified atom stereocenters. The molecule has 2 aromatic rings. The van der Waals surface area contributed by atoms with Crippen LogP contribution in [0.5, 0.6) is 5.75 Å². The van der Waals surface area contributed by atoms with Gasteiger partial charge in [0, 0.05) is 27.2 Å². The first-order valence-corrected chi connectivity index (χ1v) is 10.0. The van der Waals surface area contributed by atoms with E-state index in [1.807, 2.05) is 36.2 Å². The highest BCUT2D eigenvalue weighted by atomic mass is 32.2. The Hall–Kier alpha value is -2.61. The van der Waals surface area contributed by atoms with Gasteiger partial charge >= 0.3 is 0 Å². The summed E-state index contributed by atoms with van der Waals surface area (Å²) in [6.07, 6.45) is 0. The van der Waals surface area contributed by atoms with Crippen molar-refractivity contribution < 1.29 is 17.5 Å². The maximum absolute atomic E-state index is 13.7. The Bertz CT molecular complexity index is 883. The molecule has 146 valence electrons. The number of halogens is 1. The second-order valence-corrected chi connectivity index (χ2v) is 8.00. The highest BCUT2D eigenvalue weighted by molar-refractivity contribution is 7.91. The molecule has 6 nitrogen and oxygen atoms in total. The zero-order valence-electron chi connectivity index (χ0n) is 15.6. The molecule has 0 aliphatic rings. The van der Waals surface area contributed by atoms with Crippen LogP contribution in [0.4, 0.5) is 4.39 Å². The minimum Gasteiger partial charge on any atom is -0.497 e. The van der Waals surface area contributed by atoms with Gasteiger partial charge in [-0.25, -0.2) is 12.8 Å². The van der Waals surface area contributed by atoms with E-state index >= 15 is 0 Å². The van der Waals surface area contributed by atoms with Crippen molar-refractivity contribution in [1.82, 2.24) is 10.2 Å². The summed E-state index contributed by atoms with van der Waals surface area (Å²) in [6, 6.07) is 13.0. The van der Waals surface area contributed by atoms with Gasteiger partial charge in [-0.15, -0.1) is 0 Å². The van der Waals surface area contributed by atoms with Gasteiger partial charge in [0.05, 0.1) is 12.9 Å². The lowest BCUT2D eigenvalue weighted by Crippen LogP contribution is -2.40. The van der Waals surface area contributed by atoms with E-state index in [0.29, 0.717) is 12.5 Å². The van der Waals surface area contributed by atoms with Crippen LogP contribution < -0.4 is 10.1 Å². The number of hydrogen-bond acceptors (Lipinski definition) is 4. The molecule has 2 aromatic carbocycles. The number of nitrogens with one attached hydrogen (secondary N) is 1. The molecule has 1 N–H and O–H groups in total. The third-order valence-electron chi connectivity index (χ3n) is 3.98. The molecule has 0 aliphatic carbocycles. The van der Waals surface area contributed by atoms with Crippen molar-refractivity contribution in [2.45, 2.75) is 11.4 Å². The SMILES string of the molecule is CN=C(NCCS(=O)(=O)c1ccccc1F)N(C)Cc1ccc(OC)cc1. The molecule has 0 spiro atoms. The van der Waals surface area contributed by atoms with E-state index in [2.05, 4.69) is 10.3 Å². The zero-order valence-corrected chi connectivity index (χ0v) is 16.5. The van der Waals surface area contributed by atoms with Crippen LogP contribution in [0.2, 0.25) is 0 Å². The summed E-state index contributed by atoms with van der Waals surface area (Å²) < 4.78 is 43.5. The van der Waals surface area contributed by atoms with Crippen LogP contribution in [0.15, 0.2) is 58.4 Å². The largest absolute Gasteiger partial charge is 0.497 e. The number of nitrogens with zero attached hydrogens (tertiary/aromatic N) is 2. The van der Waals surface area contributed by atoms with Crippen molar-refractivity contribution in [1.29, 1.82) is 0 Å². The molecule has 27 heavy (non-hydrogen) atoms. The Morgan fingerprint density at radius 3 is 2.44 bits per heavy atom. The number of methoxy groups -OCH3 is 1. The fourth-order valence-electron chi connectivity index (χ4n) is 2.57. The van der Waals surface area contributed by atoms with Crippen LogP contribution in [0.25, 0.3) is 0 Å². The quantitative estimate of drug-likeness (QED) is 0.577. The number of aliphatic imine (C=N–C) groups is 1. The Labute approximate surface area is 159 Å². The van der Waals surface area contributed by atoms with E-state index in [1.165, 1.54) is 18.2 Å². The Balaban J connectivity index is 1.93. The molecule has 8 heteroatoms. The fraction of sp³-hybridized carbons (Fsp3) is 0.316. The Morgan fingerprint density at radius 2 is 1.85 bits per heavy atom. The maximum atomic E-state index is 13.7. The number of sulfone groups is 1. The van der Waals surface area contributed by atoms with Crippen molar-refractivity contribution in [3.05, 3.63) is 59.9 Å². The highest BCUT2D eigenvalue weighted by Crippen LogP contribution is 2.15. The summed E-state index contributed by atoms with van der Waals surface area (Å²) >= 11 is 0. The highest BCUT2D eigenvalue weighted by Gasteiger charge is 2.18. The molecule has 0 amide bonds. The standard InChI is InChI=1S/C19H24FN3O3S/c1-21-19(23(2)14-15-8-10-16(26-3)11-9-15)22-12-13-27(24,25)18-7-5-4-6-17(18)20/h4-11H,12-14H2,1-3H3,(H,21,22). The van der Waals surface area contributed by atoms with E-state index in [1.54, 1.807) is 14.2 Å². The van der Waals surface area contributed by atoms with Crippen LogP contribution in [0.3, 0.4) is 0 Å². The minimum absolute atomic E-state index is 0.121. The van der Waals surface area contributed by atoms with Gasteiger partial charge in [0.2, 0.25) is 0 Å². The van der Waals surface area contributed by atoms with Crippen molar-refractivity contribution in [2.24, 2.45) is 4.99 Å². The molecular weight excluding hydrogens is 369 g/mol. The van der Waals surface area contributed by atoms with Gasteiger partial charge in [-0.1, -0.05) is 24.3 Å². The predicted molar refractivity (Wildman–Crippen MR) is 104 cm³/mol. The minimum atomic E-state index is -3.71. The predicted octanol–water partition coefficient (Wildman–Crippen LogP) is 2.32. The van der Waals surface area contributed by atoms with Gasteiger partial charge in [0.1, 0.15) is 16.5 Å². The summed E-state index contributed by atoms with van der Waals surface area (Å²) in [5, 5.41) is 3.01. The average molecular weight is 393 g/mol. The lowest BCUT2D eigenvalue weighted by atomic mass is 10.2. The summed E-state index contributed by atoms with van der Waals surface area (Å²) in [5.41, 5.74) is 1.06. The molecule has 0 aromatic heterocycles. The van der Waals surface area contributed by atoms with Crippen LogP contribution in [0, 0.1) is 5.82 Å². The Morgan fingerprint density at radius 1 is 1.19 bits per heavy atom. The molecule has 0 aliphatic heterocycles. The number of rotatable bonds is 7. The average Bonchev–Trinajstić information content (AvgIpc) is 2.66. The molecule has 0 heterocycles. The first kappa shape index (κ1) is 20.7. The lowest BCUT2D eigenvalue weighted by molar-refractivity contribution is 0.414. The van der Waals surface area contributed by atoms with Crippen LogP contribution in [-0.2, 0) is 16.4 Å². The van der Waals surface area contributed by atoms with E-state index < -0.39 is 15.7 Å². The number of benzene rings is 2. The van der Waals surface area contributed by atoms with Crippen molar-refractivity contribution in [3.8, 4) is 5.75 Å². The molecule has 0 fully saturated rings. The summed E-state index contributed by atoms with van der Waals surface area (Å²) in [7, 11) is 1.38. The summed E-state index contributed by atoms with van der Waals surface area (Å²) in [5.74, 6) is 0.360. The molecule has 2 rings (SSSR count). The molecule has 0 bridgehead atoms. The summed E-state index contributed by atoms with van der Waals surface area (Å²) in [6.45, 7) is 0.708. The fourth-order valence-corrected chi connectivity index (χ4v) is 3.81.